The Bertz CT molecular complexity index is 1180. The lowest BCUT2D eigenvalue weighted by Crippen LogP contribution is -2.17. The number of nitrogen functional groups attached to an aromatic ring is 1. The first-order valence-electron chi connectivity index (χ1n) is 8.18. The van der Waals surface area contributed by atoms with Gasteiger partial charge in [0.05, 0.1) is 11.2 Å². The van der Waals surface area contributed by atoms with Crippen LogP contribution in [0.15, 0.2) is 42.0 Å². The van der Waals surface area contributed by atoms with Crippen molar-refractivity contribution in [2.24, 2.45) is 0 Å². The molecule has 3 aromatic heterocycles. The van der Waals surface area contributed by atoms with E-state index < -0.39 is 5.60 Å². The van der Waals surface area contributed by atoms with Gasteiger partial charge < -0.3 is 10.8 Å². The number of hydrogen-bond donors (Lipinski definition) is 2. The van der Waals surface area contributed by atoms with Gasteiger partial charge in [-0.15, -0.1) is 11.3 Å². The molecule has 0 spiro atoms. The molecule has 1 atom stereocenters. The second-order valence-electron chi connectivity index (χ2n) is 6.16. The highest BCUT2D eigenvalue weighted by Gasteiger charge is 2.22. The first-order valence-corrected chi connectivity index (χ1v) is 9.06. The summed E-state index contributed by atoms with van der Waals surface area (Å²) in [5, 5.41) is 18.5. The summed E-state index contributed by atoms with van der Waals surface area (Å²) in [6.45, 7) is 3.57. The number of thiazole rings is 1. The number of aliphatic hydroxyl groups is 1. The number of benzene rings is 1. The number of fused-ring (bicyclic) bond motifs is 1. The number of rotatable bonds is 2. The van der Waals surface area contributed by atoms with Crippen molar-refractivity contribution in [3.8, 4) is 17.7 Å². The SMILES string of the molecule is Cc1nn(-c2ccnc(N)n2)c2cc(C#CC(C)(O)c3nccs3)ccc12. The predicted molar refractivity (Wildman–Crippen MR) is 104 cm³/mol. The Morgan fingerprint density at radius 3 is 2.81 bits per heavy atom. The number of hydrogen-bond acceptors (Lipinski definition) is 7. The second-order valence-corrected chi connectivity index (χ2v) is 7.06. The summed E-state index contributed by atoms with van der Waals surface area (Å²) in [6.07, 6.45) is 3.24. The third-order valence-electron chi connectivity index (χ3n) is 4.04. The minimum absolute atomic E-state index is 0.184. The third kappa shape index (κ3) is 3.26. The van der Waals surface area contributed by atoms with E-state index in [2.05, 4.69) is 31.9 Å². The van der Waals surface area contributed by atoms with Crippen LogP contribution in [-0.4, -0.2) is 29.8 Å². The van der Waals surface area contributed by atoms with Crippen LogP contribution in [0.2, 0.25) is 0 Å². The summed E-state index contributed by atoms with van der Waals surface area (Å²) in [5.74, 6) is 6.70. The maximum absolute atomic E-state index is 10.5. The number of aromatic nitrogens is 5. The third-order valence-corrected chi connectivity index (χ3v) is 5.03. The Kier molecular flexibility index (Phi) is 4.11. The average molecular weight is 376 g/mol. The van der Waals surface area contributed by atoms with Crippen molar-refractivity contribution in [3.05, 3.63) is 58.3 Å². The van der Waals surface area contributed by atoms with Gasteiger partial charge in [0, 0.05) is 34.8 Å². The van der Waals surface area contributed by atoms with Gasteiger partial charge in [0.2, 0.25) is 5.95 Å². The normalized spacial score (nSPS) is 13.1. The molecule has 1 unspecified atom stereocenters. The monoisotopic (exact) mass is 376 g/mol. The number of nitrogens with zero attached hydrogens (tertiary/aromatic N) is 5. The van der Waals surface area contributed by atoms with E-state index in [9.17, 15) is 5.11 Å². The van der Waals surface area contributed by atoms with Crippen LogP contribution in [0, 0.1) is 18.8 Å². The molecule has 27 heavy (non-hydrogen) atoms. The van der Waals surface area contributed by atoms with Crippen molar-refractivity contribution >= 4 is 28.2 Å². The summed E-state index contributed by atoms with van der Waals surface area (Å²) in [5.41, 5.74) is 6.87. The molecule has 0 bridgehead atoms. The quantitative estimate of drug-likeness (QED) is 0.521. The second kappa shape index (κ2) is 6.46. The molecule has 4 rings (SSSR count). The molecular weight excluding hydrogens is 360 g/mol. The molecule has 0 saturated carbocycles. The molecular formula is C19H16N6OS. The Morgan fingerprint density at radius 2 is 2.07 bits per heavy atom. The zero-order valence-electron chi connectivity index (χ0n) is 14.7. The zero-order chi connectivity index (χ0) is 19.0. The van der Waals surface area contributed by atoms with E-state index in [0.29, 0.717) is 10.8 Å². The van der Waals surface area contributed by atoms with Gasteiger partial charge in [-0.1, -0.05) is 11.8 Å². The average Bonchev–Trinajstić information content (AvgIpc) is 3.29. The van der Waals surface area contributed by atoms with Crippen molar-refractivity contribution < 1.29 is 5.11 Å². The molecule has 4 aromatic rings. The van der Waals surface area contributed by atoms with Gasteiger partial charge in [0.1, 0.15) is 5.01 Å². The van der Waals surface area contributed by atoms with E-state index in [4.69, 9.17) is 5.73 Å². The topological polar surface area (TPSA) is 103 Å². The van der Waals surface area contributed by atoms with Gasteiger partial charge in [-0.05, 0) is 32.0 Å². The van der Waals surface area contributed by atoms with Gasteiger partial charge >= 0.3 is 0 Å². The van der Waals surface area contributed by atoms with E-state index in [0.717, 1.165) is 22.2 Å². The summed E-state index contributed by atoms with van der Waals surface area (Å²) >= 11 is 1.37. The number of nitrogens with two attached hydrogens (primary N) is 1. The molecule has 0 aliphatic heterocycles. The zero-order valence-corrected chi connectivity index (χ0v) is 15.5. The van der Waals surface area contributed by atoms with Gasteiger partial charge in [-0.25, -0.2) is 14.6 Å². The highest BCUT2D eigenvalue weighted by atomic mass is 32.1. The van der Waals surface area contributed by atoms with Gasteiger partial charge in [-0.2, -0.15) is 10.1 Å². The molecule has 0 radical (unpaired) electrons. The maximum Gasteiger partial charge on any atom is 0.221 e. The first kappa shape index (κ1) is 17.1. The van der Waals surface area contributed by atoms with Crippen LogP contribution < -0.4 is 5.73 Å². The smallest absolute Gasteiger partial charge is 0.221 e. The fourth-order valence-electron chi connectivity index (χ4n) is 2.72. The molecule has 0 aliphatic rings. The number of aryl methyl sites for hydroxylation is 1. The van der Waals surface area contributed by atoms with Crippen LogP contribution in [0.5, 0.6) is 0 Å². The van der Waals surface area contributed by atoms with E-state index in [-0.39, 0.29) is 5.95 Å². The van der Waals surface area contributed by atoms with Crippen molar-refractivity contribution in [2.75, 3.05) is 5.73 Å². The van der Waals surface area contributed by atoms with Crippen molar-refractivity contribution in [2.45, 2.75) is 19.4 Å². The van der Waals surface area contributed by atoms with E-state index in [1.54, 1.807) is 30.1 Å². The highest BCUT2D eigenvalue weighted by molar-refractivity contribution is 7.09. The Balaban J connectivity index is 1.79. The molecule has 7 nitrogen and oxygen atoms in total. The molecule has 8 heteroatoms. The van der Waals surface area contributed by atoms with E-state index in [1.807, 2.05) is 30.5 Å². The standard InChI is InChI=1S/C19H16N6OS/c1-12-14-4-3-13(5-7-19(2,26)17-21-9-10-27-17)11-15(14)25(24-12)16-6-8-22-18(20)23-16/h3-4,6,8-11,26H,1-2H3,(H2,20,22,23). The number of anilines is 1. The largest absolute Gasteiger partial charge is 0.371 e. The van der Waals surface area contributed by atoms with Crippen LogP contribution in [0.25, 0.3) is 16.7 Å². The van der Waals surface area contributed by atoms with Gasteiger partial charge in [0.15, 0.2) is 11.4 Å². The summed E-state index contributed by atoms with van der Waals surface area (Å²) in [4.78, 5) is 12.3. The van der Waals surface area contributed by atoms with Crippen LogP contribution in [-0.2, 0) is 5.60 Å². The van der Waals surface area contributed by atoms with Gasteiger partial charge in [0.25, 0.3) is 0 Å². The highest BCUT2D eigenvalue weighted by Crippen LogP contribution is 2.24. The Hall–Kier alpha value is -3.28. The molecule has 3 heterocycles. The lowest BCUT2D eigenvalue weighted by atomic mass is 10.1. The lowest BCUT2D eigenvalue weighted by Gasteiger charge is -2.11. The van der Waals surface area contributed by atoms with Crippen molar-refractivity contribution in [1.29, 1.82) is 0 Å². The Morgan fingerprint density at radius 1 is 1.22 bits per heavy atom. The van der Waals surface area contributed by atoms with Crippen LogP contribution in [0.3, 0.4) is 0 Å². The molecule has 1 aromatic carbocycles. The maximum atomic E-state index is 10.5. The molecule has 134 valence electrons. The molecule has 3 N–H and O–H groups in total. The summed E-state index contributed by atoms with van der Waals surface area (Å²) in [6, 6.07) is 7.52. The van der Waals surface area contributed by atoms with Crippen molar-refractivity contribution in [1.82, 2.24) is 24.7 Å². The fourth-order valence-corrected chi connectivity index (χ4v) is 3.37. The van der Waals surface area contributed by atoms with Gasteiger partial charge in [-0.3, -0.25) is 0 Å². The van der Waals surface area contributed by atoms with E-state index in [1.165, 1.54) is 11.3 Å². The first-order chi connectivity index (χ1) is 12.9. The van der Waals surface area contributed by atoms with Crippen LogP contribution in [0.1, 0.15) is 23.2 Å². The molecule has 0 amide bonds. The minimum Gasteiger partial charge on any atom is -0.371 e. The molecule has 0 aliphatic carbocycles. The minimum atomic E-state index is -1.31. The molecule has 0 saturated heterocycles. The van der Waals surface area contributed by atoms with Crippen LogP contribution >= 0.6 is 11.3 Å². The predicted octanol–water partition coefficient (Wildman–Crippen LogP) is 2.42. The Labute approximate surface area is 159 Å². The van der Waals surface area contributed by atoms with E-state index >= 15 is 0 Å². The van der Waals surface area contributed by atoms with Crippen molar-refractivity contribution in [3.63, 3.8) is 0 Å². The summed E-state index contributed by atoms with van der Waals surface area (Å²) < 4.78 is 1.72. The molecule has 0 fully saturated rings. The summed E-state index contributed by atoms with van der Waals surface area (Å²) in [7, 11) is 0. The van der Waals surface area contributed by atoms with Crippen LogP contribution in [0.4, 0.5) is 5.95 Å². The fraction of sp³-hybridized carbons (Fsp3) is 0.158. The lowest BCUT2D eigenvalue weighted by molar-refractivity contribution is 0.122.